The summed E-state index contributed by atoms with van der Waals surface area (Å²) in [4.78, 5) is 126. The van der Waals surface area contributed by atoms with Crippen LogP contribution in [0.15, 0.2) is 119 Å². The quantitative estimate of drug-likeness (QED) is 0.0223. The molecule has 4 aromatic rings. The van der Waals surface area contributed by atoms with Crippen LogP contribution in [-0.4, -0.2) is 151 Å². The summed E-state index contributed by atoms with van der Waals surface area (Å²) in [5, 5.41) is 22.6. The van der Waals surface area contributed by atoms with Crippen LogP contribution in [0, 0.1) is 69.0 Å². The number of ketones is 3. The van der Waals surface area contributed by atoms with Gasteiger partial charge < -0.3 is 57.1 Å². The Morgan fingerprint density at radius 2 is 0.911 bits per heavy atom. The van der Waals surface area contributed by atoms with Crippen molar-refractivity contribution in [2.75, 3.05) is 24.6 Å². The van der Waals surface area contributed by atoms with E-state index < -0.39 is 119 Å². The Labute approximate surface area is 660 Å². The third-order valence-corrected chi connectivity index (χ3v) is 29.3. The van der Waals surface area contributed by atoms with E-state index in [9.17, 15) is 65.1 Å². The maximum absolute atomic E-state index is 14.6. The minimum atomic E-state index is -3.90. The molecule has 8 aliphatic rings. The first-order chi connectivity index (χ1) is 52.6. The van der Waals surface area contributed by atoms with Crippen molar-refractivity contribution < 1.29 is 74.6 Å². The number of sulfone groups is 2. The molecule has 0 spiro atoms. The number of ether oxygens (including phenoxy) is 2. The fraction of sp³-hybridized carbons (Fsp3) is 0.616. The first kappa shape index (κ1) is 84.7. The number of carbonyl (C=O) groups excluding carboxylic acids is 9. The zero-order valence-electron chi connectivity index (χ0n) is 66.8. The normalized spacial score (nSPS) is 23.9. The Morgan fingerprint density at radius 1 is 0.527 bits per heavy atom. The fourth-order valence-electron chi connectivity index (χ4n) is 18.5. The minimum Gasteiger partial charge on any atom is -0.489 e. The number of benzene rings is 4. The van der Waals surface area contributed by atoms with Crippen molar-refractivity contribution in [1.82, 2.24) is 31.1 Å². The van der Waals surface area contributed by atoms with Crippen molar-refractivity contribution in [1.29, 1.82) is 0 Å². The van der Waals surface area contributed by atoms with Crippen molar-refractivity contribution in [3.8, 4) is 11.5 Å². The monoisotopic (exact) mass is 1580 g/mol. The first-order valence-electron chi connectivity index (χ1n) is 40.3. The number of aliphatic hydroxyl groups is 1. The number of hydrogen-bond acceptors (Lipinski definition) is 16. The van der Waals surface area contributed by atoms with Gasteiger partial charge in [-0.1, -0.05) is 206 Å². The molecule has 0 radical (unpaired) electrons. The van der Waals surface area contributed by atoms with E-state index >= 15 is 0 Å². The van der Waals surface area contributed by atoms with Gasteiger partial charge in [0.1, 0.15) is 42.9 Å². The molecule has 4 aromatic carbocycles. The number of carbonyl (C=O) groups is 9. The van der Waals surface area contributed by atoms with Gasteiger partial charge in [0.25, 0.3) is 5.91 Å². The number of amides is 8. The molecule has 2 heterocycles. The van der Waals surface area contributed by atoms with E-state index in [4.69, 9.17) is 20.9 Å². The molecule has 26 heteroatoms. The van der Waals surface area contributed by atoms with Gasteiger partial charge >= 0.3 is 12.1 Å². The zero-order chi connectivity index (χ0) is 81.3. The molecule has 8 fully saturated rings. The van der Waals surface area contributed by atoms with E-state index in [1.807, 2.05) is 102 Å². The molecule has 0 bridgehead atoms. The molecule has 6 aliphatic carbocycles. The number of piperidine rings is 2. The molecular weight excluding hydrogens is 1470 g/mol. The Kier molecular flexibility index (Phi) is 25.5. The highest BCUT2D eigenvalue weighted by molar-refractivity contribution is 7.91. The van der Waals surface area contributed by atoms with Crippen LogP contribution >= 0.6 is 0 Å². The molecule has 610 valence electrons. The Morgan fingerprint density at radius 3 is 1.28 bits per heavy atom. The number of fused-ring (bicyclic) bond motifs is 2. The lowest BCUT2D eigenvalue weighted by molar-refractivity contribution is -0.144. The van der Waals surface area contributed by atoms with Gasteiger partial charge in [0, 0.05) is 37.8 Å². The lowest BCUT2D eigenvalue weighted by Crippen LogP contribution is -2.63. The van der Waals surface area contributed by atoms with Crippen LogP contribution < -0.4 is 42.2 Å². The molecule has 11 atom stereocenters. The van der Waals surface area contributed by atoms with Crippen LogP contribution in [0.5, 0.6) is 11.5 Å². The number of rotatable bonds is 32. The van der Waals surface area contributed by atoms with Gasteiger partial charge in [0.05, 0.1) is 44.5 Å². The molecule has 24 nitrogen and oxygen atoms in total. The van der Waals surface area contributed by atoms with Gasteiger partial charge in [-0.3, -0.25) is 33.6 Å². The predicted octanol–water partition coefficient (Wildman–Crippen LogP) is 10.5. The number of nitrogens with two attached hydrogens (primary N) is 2. The number of hydrogen-bond donors (Lipinski definition) is 7. The average molecular weight is 1580 g/mol. The Bertz CT molecular complexity index is 4370. The van der Waals surface area contributed by atoms with E-state index in [-0.39, 0.29) is 105 Å². The van der Waals surface area contributed by atoms with E-state index in [1.165, 1.54) is 24.3 Å². The number of nitrogens with one attached hydrogen (secondary N) is 4. The van der Waals surface area contributed by atoms with E-state index in [0.717, 1.165) is 75.3 Å². The van der Waals surface area contributed by atoms with Crippen LogP contribution in [0.25, 0.3) is 0 Å². The van der Waals surface area contributed by atoms with Gasteiger partial charge in [-0.05, 0) is 143 Å². The molecule has 6 saturated carbocycles. The topological polar surface area (TPSA) is 367 Å². The number of nitrogens with zero attached hydrogens (tertiary/aromatic N) is 2. The van der Waals surface area contributed by atoms with E-state index in [1.54, 1.807) is 34.1 Å². The van der Waals surface area contributed by atoms with Crippen LogP contribution in [-0.2, 0) is 66.5 Å². The minimum absolute atomic E-state index is 0.0680. The van der Waals surface area contributed by atoms with Crippen LogP contribution in [0.2, 0.25) is 0 Å². The van der Waals surface area contributed by atoms with Gasteiger partial charge in [0.15, 0.2) is 31.2 Å². The number of primary amides is 2. The molecular formula is C86H118N8O16S2. The highest BCUT2D eigenvalue weighted by atomic mass is 32.2. The Hall–Kier alpha value is -8.23. The maximum atomic E-state index is 14.6. The molecule has 8 amide bonds. The summed E-state index contributed by atoms with van der Waals surface area (Å²) in [7, 11) is -7.79. The summed E-state index contributed by atoms with van der Waals surface area (Å²) in [6.45, 7) is 20.6. The highest BCUT2D eigenvalue weighted by Gasteiger charge is 2.71. The zero-order valence-corrected chi connectivity index (χ0v) is 68.4. The fourth-order valence-corrected chi connectivity index (χ4v) is 22.2. The van der Waals surface area contributed by atoms with Gasteiger partial charge in [-0.2, -0.15) is 0 Å². The lowest BCUT2D eigenvalue weighted by atomic mass is 9.83. The lowest BCUT2D eigenvalue weighted by Gasteiger charge is -2.40. The van der Waals surface area contributed by atoms with Crippen molar-refractivity contribution in [2.24, 2.45) is 80.5 Å². The van der Waals surface area contributed by atoms with Crippen LogP contribution in [0.4, 0.5) is 9.59 Å². The maximum Gasteiger partial charge on any atom is 0.315 e. The van der Waals surface area contributed by atoms with Crippen molar-refractivity contribution >= 4 is 72.7 Å². The molecule has 112 heavy (non-hydrogen) atoms. The first-order valence-corrected chi connectivity index (χ1v) is 43.6. The predicted molar refractivity (Wildman–Crippen MR) is 423 cm³/mol. The van der Waals surface area contributed by atoms with Crippen molar-refractivity contribution in [2.45, 2.75) is 249 Å². The van der Waals surface area contributed by atoms with Crippen LogP contribution in [0.1, 0.15) is 196 Å². The largest absolute Gasteiger partial charge is 0.489 e. The molecule has 5 unspecified atom stereocenters. The van der Waals surface area contributed by atoms with E-state index in [0.29, 0.717) is 69.0 Å². The number of aliphatic hydroxyl groups excluding tert-OH is 1. The molecule has 2 saturated heterocycles. The van der Waals surface area contributed by atoms with Gasteiger partial charge in [0.2, 0.25) is 23.5 Å². The number of urea groups is 2. The van der Waals surface area contributed by atoms with Crippen molar-refractivity contribution in [3.05, 3.63) is 120 Å². The average Bonchev–Trinajstić information content (AvgIpc) is 1.53. The molecule has 9 N–H and O–H groups in total. The number of likely N-dealkylation sites (tertiary alicyclic amines) is 2. The number of Topliss-reactive ketones (excluding diaryl/α,β-unsaturated/α-hetero) is 3. The van der Waals surface area contributed by atoms with Crippen LogP contribution in [0.3, 0.4) is 0 Å². The summed E-state index contributed by atoms with van der Waals surface area (Å²) in [6.07, 6.45) is 9.66. The summed E-state index contributed by atoms with van der Waals surface area (Å²) in [6, 6.07) is 27.1. The van der Waals surface area contributed by atoms with Gasteiger partial charge in [-0.25, -0.2) is 26.4 Å². The second kappa shape index (κ2) is 33.7. The molecule has 2 aliphatic heterocycles. The highest BCUT2D eigenvalue weighted by Crippen LogP contribution is 2.66. The third-order valence-electron chi connectivity index (χ3n) is 25.5. The molecule has 12 rings (SSSR count). The SMILES string of the molecule is CC(C)(C)[C@H](NC(=O)NC1(CS(=O)(=O)c2cccc(OCc3ccccc3)c2)CCCCC1)C(=O)N1CC2[C@@H]([C@H]1C(=O)CC(CC1CC1)C(=O)C(N)=O)C2(C)C.CC(C)(C)[C@H](NC(=O)NC1(CS(=O)(=O)c2cccc(OCc3ccccc3)c2)CCCCC1)C(=O)N1CC2[C@@H]([C@H]1C(=O)CC(CC1CC1)C(O)C(N)=O)C2(C)C. The smallest absolute Gasteiger partial charge is 0.315 e. The third kappa shape index (κ3) is 20.3. The standard InChI is InChI=1S/C43H60N4O8S.C43H58N4O8S/c2*1-41(2,3)37(39(51)47-24-32-34(42(32,4)5)35(47)33(48)22-29(21-27-17-18-27)36(49)38(44)50)45-40(52)46-43(19-10-7-11-20-43)26-56(53,54)31-16-12-15-30(23-31)55-25-28-13-8-6-9-14-28/h6,8-9,12-16,23,27,29,32,34-37,49H,7,10-11,17-22,24-26H2,1-5H3,(H2,44,50)(H2,45,46,52);6,8-9,12-16,23,27,29,32,34-35,37H,7,10-11,17-22,24-26H2,1-5H3,(H2,44,50)(H2,45,46,52)/t29?,32?,34-,35+,36?,37+;29?,32?,34-,35+,37+/m00/s1. The Balaban J connectivity index is 0.000000221. The second-order valence-electron chi connectivity index (χ2n) is 37.0. The summed E-state index contributed by atoms with van der Waals surface area (Å²) < 4.78 is 67.9. The van der Waals surface area contributed by atoms with E-state index in [2.05, 4.69) is 49.0 Å². The van der Waals surface area contributed by atoms with Gasteiger partial charge in [-0.15, -0.1) is 0 Å². The van der Waals surface area contributed by atoms with Crippen molar-refractivity contribution in [3.63, 3.8) is 0 Å². The summed E-state index contributed by atoms with van der Waals surface area (Å²) in [5.74, 6) is -4.60. The molecule has 0 aromatic heterocycles. The second-order valence-corrected chi connectivity index (χ2v) is 41.0. The summed E-state index contributed by atoms with van der Waals surface area (Å²) in [5.41, 5.74) is 8.70. The summed E-state index contributed by atoms with van der Waals surface area (Å²) >= 11 is 0.